The lowest BCUT2D eigenvalue weighted by molar-refractivity contribution is 0.102. The van der Waals surface area contributed by atoms with Crippen LogP contribution in [0.1, 0.15) is 15.9 Å². The third kappa shape index (κ3) is 7.36. The van der Waals surface area contributed by atoms with Crippen molar-refractivity contribution in [2.24, 2.45) is 5.73 Å². The number of anilines is 2. The summed E-state index contributed by atoms with van der Waals surface area (Å²) in [5.74, 6) is -0.594. The minimum absolute atomic E-state index is 0. The van der Waals surface area contributed by atoms with Gasteiger partial charge in [-0.05, 0) is 48.0 Å². The summed E-state index contributed by atoms with van der Waals surface area (Å²) in [5.41, 5.74) is 7.25. The molecule has 1 saturated heterocycles. The standard InChI is InChI=1S/C26H29Cl2N5O6S2.ClH/c1-31(40(2,36)37)25-8-3-18(17-29)13-24(25)26(34)30-21-4-6-23(7-5-21)41(38,39)32-9-11-33(35,12-10-32)22-15-19(27)14-20(28)16-22;/h3-8,13-16H,9-12,17,29H2,1-2H3,(H,30,34);1H. The summed E-state index contributed by atoms with van der Waals surface area (Å²) in [7, 11) is -6.23. The smallest absolute Gasteiger partial charge is 0.257 e. The molecule has 0 bridgehead atoms. The maximum atomic E-state index is 13.4. The Labute approximate surface area is 261 Å². The van der Waals surface area contributed by atoms with Gasteiger partial charge in [-0.1, -0.05) is 29.3 Å². The first-order valence-corrected chi connectivity index (χ1v) is 16.4. The minimum atomic E-state index is -3.92. The van der Waals surface area contributed by atoms with Gasteiger partial charge in [0.15, 0.2) is 0 Å². The molecule has 0 unspecified atom stereocenters. The molecule has 0 aromatic heterocycles. The van der Waals surface area contributed by atoms with Crippen LogP contribution in [0, 0.1) is 5.21 Å². The first kappa shape index (κ1) is 34.0. The second-order valence-electron chi connectivity index (χ2n) is 9.63. The molecule has 0 saturated carbocycles. The molecule has 0 atom stereocenters. The maximum Gasteiger partial charge on any atom is 0.257 e. The Morgan fingerprint density at radius 1 is 1.00 bits per heavy atom. The molecule has 1 amide bonds. The van der Waals surface area contributed by atoms with E-state index in [9.17, 15) is 26.8 Å². The fourth-order valence-corrected chi connectivity index (χ4v) is 6.90. The summed E-state index contributed by atoms with van der Waals surface area (Å²) in [6, 6.07) is 14.8. The average molecular weight is 679 g/mol. The van der Waals surface area contributed by atoms with Crippen molar-refractivity contribution in [3.63, 3.8) is 0 Å². The molecule has 3 aromatic rings. The molecule has 3 aromatic carbocycles. The number of carbonyl (C=O) groups is 1. The van der Waals surface area contributed by atoms with Gasteiger partial charge in [0.25, 0.3) is 5.91 Å². The Morgan fingerprint density at radius 2 is 1.57 bits per heavy atom. The van der Waals surface area contributed by atoms with Crippen molar-refractivity contribution in [2.45, 2.75) is 11.4 Å². The number of quaternary nitrogens is 1. The fourth-order valence-electron chi connectivity index (χ4n) is 4.45. The van der Waals surface area contributed by atoms with Crippen LogP contribution in [0.4, 0.5) is 17.1 Å². The van der Waals surface area contributed by atoms with Crippen LogP contribution in [-0.4, -0.2) is 66.5 Å². The molecule has 3 N–H and O–H groups in total. The Balaban J connectivity index is 0.00000484. The quantitative estimate of drug-likeness (QED) is 0.270. The molecule has 1 aliphatic heterocycles. The van der Waals surface area contributed by atoms with Gasteiger partial charge in [0.05, 0.1) is 48.6 Å². The molecule has 1 fully saturated rings. The number of piperazine rings is 1. The Bertz CT molecular complexity index is 1660. The molecule has 11 nitrogen and oxygen atoms in total. The van der Waals surface area contributed by atoms with E-state index in [1.165, 1.54) is 66.0 Å². The Morgan fingerprint density at radius 3 is 2.10 bits per heavy atom. The molecule has 228 valence electrons. The molecule has 1 aliphatic rings. The Hall–Kier alpha value is -2.46. The summed E-state index contributed by atoms with van der Waals surface area (Å²) in [6.45, 7) is 0.0862. The number of halogens is 3. The van der Waals surface area contributed by atoms with E-state index in [1.54, 1.807) is 6.07 Å². The molecule has 4 rings (SSSR count). The molecule has 0 spiro atoms. The van der Waals surface area contributed by atoms with Crippen molar-refractivity contribution in [3.05, 3.63) is 87.0 Å². The van der Waals surface area contributed by atoms with Gasteiger partial charge >= 0.3 is 0 Å². The van der Waals surface area contributed by atoms with Crippen LogP contribution in [0.5, 0.6) is 0 Å². The number of nitrogens with two attached hydrogens (primary N) is 1. The number of rotatable bonds is 8. The third-order valence-electron chi connectivity index (χ3n) is 6.87. The largest absolute Gasteiger partial charge is 0.627 e. The number of benzene rings is 3. The number of hydroxylamine groups is 2. The average Bonchev–Trinajstić information content (AvgIpc) is 2.92. The van der Waals surface area contributed by atoms with Gasteiger partial charge in [0.1, 0.15) is 5.69 Å². The molecule has 16 heteroatoms. The zero-order valence-electron chi connectivity index (χ0n) is 22.7. The molecule has 0 radical (unpaired) electrons. The SMILES string of the molecule is CN(c1ccc(CN)cc1C(=O)Nc1ccc(S(=O)(=O)N2CC[N+]([O-])(c3cc(Cl)cc(Cl)c3)CC2)cc1)S(C)(=O)=O.Cl. The number of amides is 1. The monoisotopic (exact) mass is 677 g/mol. The second-order valence-corrected chi connectivity index (χ2v) is 14.5. The molecular weight excluding hydrogens is 649 g/mol. The molecule has 1 heterocycles. The van der Waals surface area contributed by atoms with Gasteiger partial charge < -0.3 is 20.9 Å². The third-order valence-corrected chi connectivity index (χ3v) is 10.4. The van der Waals surface area contributed by atoms with E-state index in [0.29, 0.717) is 27.0 Å². The van der Waals surface area contributed by atoms with Crippen LogP contribution >= 0.6 is 35.6 Å². The lowest BCUT2D eigenvalue weighted by atomic mass is 10.1. The lowest BCUT2D eigenvalue weighted by Crippen LogP contribution is -2.58. The normalized spacial score (nSPS) is 15.5. The minimum Gasteiger partial charge on any atom is -0.627 e. The van der Waals surface area contributed by atoms with Gasteiger partial charge in [0, 0.05) is 41.5 Å². The second kappa shape index (κ2) is 13.0. The van der Waals surface area contributed by atoms with E-state index in [4.69, 9.17) is 28.9 Å². The van der Waals surface area contributed by atoms with Crippen LogP contribution in [0.15, 0.2) is 65.6 Å². The van der Waals surface area contributed by atoms with E-state index in [-0.39, 0.29) is 61.3 Å². The van der Waals surface area contributed by atoms with Crippen LogP contribution in [0.3, 0.4) is 0 Å². The van der Waals surface area contributed by atoms with Gasteiger partial charge in [-0.3, -0.25) is 9.10 Å². The highest BCUT2D eigenvalue weighted by Gasteiger charge is 2.35. The summed E-state index contributed by atoms with van der Waals surface area (Å²) in [4.78, 5) is 13.1. The predicted molar refractivity (Wildman–Crippen MR) is 169 cm³/mol. The van der Waals surface area contributed by atoms with Crippen LogP contribution in [-0.2, 0) is 26.6 Å². The number of hydrogen-bond acceptors (Lipinski definition) is 7. The van der Waals surface area contributed by atoms with Crippen molar-refractivity contribution in [1.29, 1.82) is 0 Å². The molecular formula is C26H30Cl3N5O6S2. The van der Waals surface area contributed by atoms with E-state index in [1.807, 2.05) is 0 Å². The van der Waals surface area contributed by atoms with Gasteiger partial charge in [-0.25, -0.2) is 16.8 Å². The van der Waals surface area contributed by atoms with E-state index < -0.39 is 30.6 Å². The number of nitrogens with one attached hydrogen (secondary N) is 1. The summed E-state index contributed by atoms with van der Waals surface area (Å²) < 4.78 is 52.3. The van der Waals surface area contributed by atoms with E-state index in [0.717, 1.165) is 10.6 Å². The number of carbonyl (C=O) groups excluding carboxylic acids is 1. The van der Waals surface area contributed by atoms with Crippen molar-refractivity contribution >= 4 is 78.6 Å². The zero-order valence-corrected chi connectivity index (χ0v) is 26.6. The van der Waals surface area contributed by atoms with Crippen molar-refractivity contribution in [1.82, 2.24) is 8.95 Å². The summed E-state index contributed by atoms with van der Waals surface area (Å²) >= 11 is 12.1. The van der Waals surface area contributed by atoms with E-state index >= 15 is 0 Å². The molecule has 42 heavy (non-hydrogen) atoms. The highest BCUT2D eigenvalue weighted by Crippen LogP contribution is 2.32. The number of sulfonamides is 2. The lowest BCUT2D eigenvalue weighted by Gasteiger charge is -2.47. The van der Waals surface area contributed by atoms with Gasteiger partial charge in [-0.2, -0.15) is 4.31 Å². The first-order chi connectivity index (χ1) is 19.1. The maximum absolute atomic E-state index is 13.4. The van der Waals surface area contributed by atoms with Crippen LogP contribution < -0.4 is 20.0 Å². The van der Waals surface area contributed by atoms with Gasteiger partial charge in [0.2, 0.25) is 20.0 Å². The fraction of sp³-hybridized carbons (Fsp3) is 0.269. The van der Waals surface area contributed by atoms with Crippen molar-refractivity contribution in [2.75, 3.05) is 49.1 Å². The number of nitrogens with zero attached hydrogens (tertiary/aromatic N) is 3. The highest BCUT2D eigenvalue weighted by molar-refractivity contribution is 7.92. The number of hydrogen-bond donors (Lipinski definition) is 2. The summed E-state index contributed by atoms with van der Waals surface area (Å²) in [5, 5.41) is 16.7. The molecule has 0 aliphatic carbocycles. The zero-order chi connectivity index (χ0) is 30.2. The summed E-state index contributed by atoms with van der Waals surface area (Å²) in [6.07, 6.45) is 1.02. The topological polar surface area (TPSA) is 153 Å². The van der Waals surface area contributed by atoms with Crippen LogP contribution in [0.2, 0.25) is 10.0 Å². The van der Waals surface area contributed by atoms with Crippen molar-refractivity contribution in [3.8, 4) is 0 Å². The van der Waals surface area contributed by atoms with E-state index in [2.05, 4.69) is 5.32 Å². The first-order valence-electron chi connectivity index (χ1n) is 12.4. The Kier molecular flexibility index (Phi) is 10.6. The van der Waals surface area contributed by atoms with Crippen molar-refractivity contribution < 1.29 is 21.6 Å². The van der Waals surface area contributed by atoms with Crippen LogP contribution in [0.25, 0.3) is 0 Å². The highest BCUT2D eigenvalue weighted by atomic mass is 35.5. The van der Waals surface area contributed by atoms with Gasteiger partial charge in [-0.15, -0.1) is 12.4 Å². The predicted octanol–water partition coefficient (Wildman–Crippen LogP) is 4.03.